The highest BCUT2D eigenvalue weighted by Gasteiger charge is 2.31. The zero-order chi connectivity index (χ0) is 19.7. The number of hydrogen-bond acceptors (Lipinski definition) is 4. The van der Waals surface area contributed by atoms with E-state index in [0.717, 1.165) is 24.2 Å². The van der Waals surface area contributed by atoms with Gasteiger partial charge in [0.1, 0.15) is 14.9 Å². The monoisotopic (exact) mass is 388 g/mol. The van der Waals surface area contributed by atoms with Crippen LogP contribution in [0.3, 0.4) is 0 Å². The second-order valence-electron chi connectivity index (χ2n) is 7.16. The molecule has 25 heavy (non-hydrogen) atoms. The molecule has 0 N–H and O–H groups in total. The Kier molecular flexibility index (Phi) is 10.6. The summed E-state index contributed by atoms with van der Waals surface area (Å²) >= 11 is 0. The summed E-state index contributed by atoms with van der Waals surface area (Å²) in [6.07, 6.45) is 6.47. The van der Waals surface area contributed by atoms with E-state index in [4.69, 9.17) is 0 Å². The molecule has 0 aliphatic carbocycles. The van der Waals surface area contributed by atoms with E-state index in [1.54, 1.807) is 12.1 Å². The number of unbranched alkanes of at least 4 members (excludes halogenated alkanes) is 2. The van der Waals surface area contributed by atoms with Crippen molar-refractivity contribution in [3.63, 3.8) is 0 Å². The summed E-state index contributed by atoms with van der Waals surface area (Å²) in [5.41, 5.74) is 0.928. The van der Waals surface area contributed by atoms with Gasteiger partial charge in [-0.2, -0.15) is 0 Å². The van der Waals surface area contributed by atoms with Crippen molar-refractivity contribution in [2.45, 2.75) is 69.9 Å². The Morgan fingerprint density at radius 3 is 2.04 bits per heavy atom. The van der Waals surface area contributed by atoms with Crippen molar-refractivity contribution in [2.24, 2.45) is 0 Å². The van der Waals surface area contributed by atoms with E-state index in [2.05, 4.69) is 34.0 Å². The minimum atomic E-state index is -4.27. The quantitative estimate of drug-likeness (QED) is 0.401. The molecule has 0 saturated carbocycles. The van der Waals surface area contributed by atoms with Crippen molar-refractivity contribution >= 4 is 26.8 Å². The van der Waals surface area contributed by atoms with Crippen LogP contribution in [0.15, 0.2) is 29.2 Å². The Balaban J connectivity index is 0.000000472. The summed E-state index contributed by atoms with van der Waals surface area (Å²) < 4.78 is 31.5. The largest absolute Gasteiger partial charge is 0.744 e. The minimum absolute atomic E-state index is 0.178. The third-order valence-electron chi connectivity index (χ3n) is 3.79. The second-order valence-corrected chi connectivity index (χ2v) is 11.3. The Morgan fingerprint density at radius 1 is 1.12 bits per heavy atom. The number of rotatable bonds is 7. The van der Waals surface area contributed by atoms with Crippen LogP contribution in [0.2, 0.25) is 0 Å². The number of ketones is 1. The van der Waals surface area contributed by atoms with Gasteiger partial charge in [0.25, 0.3) is 0 Å². The summed E-state index contributed by atoms with van der Waals surface area (Å²) in [6, 6.07) is 5.78. The lowest BCUT2D eigenvalue weighted by atomic mass is 10.2. The fraction of sp³-hybridized carbons (Fsp3) is 0.632. The Morgan fingerprint density at radius 2 is 1.64 bits per heavy atom. The van der Waals surface area contributed by atoms with Crippen molar-refractivity contribution in [3.05, 3.63) is 29.8 Å². The lowest BCUT2D eigenvalue weighted by Crippen LogP contribution is -2.32. The summed E-state index contributed by atoms with van der Waals surface area (Å²) in [5.74, 6) is 1.24. The summed E-state index contributed by atoms with van der Waals surface area (Å²) in [6.45, 7) is 10.6. The fourth-order valence-electron chi connectivity index (χ4n) is 1.81. The van der Waals surface area contributed by atoms with E-state index in [1.807, 2.05) is 6.92 Å². The van der Waals surface area contributed by atoms with Crippen LogP contribution in [0, 0.1) is 6.92 Å². The molecule has 1 aromatic carbocycles. The Labute approximate surface area is 156 Å². The Hall–Kier alpha value is -0.850. The highest BCUT2D eigenvalue weighted by Crippen LogP contribution is 2.17. The maximum atomic E-state index is 11.6. The number of carbonyl (C=O) groups excluding carboxylic acids is 1. The third kappa shape index (κ3) is 11.4. The zero-order valence-electron chi connectivity index (χ0n) is 16.3. The van der Waals surface area contributed by atoms with Gasteiger partial charge < -0.3 is 4.55 Å². The number of hydrogen-bond donors (Lipinski definition) is 0. The average molecular weight is 389 g/mol. The van der Waals surface area contributed by atoms with Gasteiger partial charge in [0, 0.05) is 6.42 Å². The molecule has 1 aromatic rings. The molecule has 6 heteroatoms. The van der Waals surface area contributed by atoms with Crippen LogP contribution in [-0.4, -0.2) is 35.5 Å². The number of carbonyl (C=O) groups is 1. The lowest BCUT2D eigenvalue weighted by Gasteiger charge is -2.17. The van der Waals surface area contributed by atoms with Crippen molar-refractivity contribution in [3.8, 4) is 0 Å². The first-order valence-electron chi connectivity index (χ1n) is 8.54. The molecule has 1 unspecified atom stereocenters. The zero-order valence-corrected chi connectivity index (χ0v) is 17.9. The molecule has 0 amide bonds. The molecule has 0 bridgehead atoms. The van der Waals surface area contributed by atoms with Gasteiger partial charge >= 0.3 is 0 Å². The Bertz CT molecular complexity index is 614. The van der Waals surface area contributed by atoms with Gasteiger partial charge in [0.05, 0.1) is 11.2 Å². The van der Waals surface area contributed by atoms with Crippen LogP contribution in [0.25, 0.3) is 0 Å². The second kappa shape index (κ2) is 11.0. The molecule has 0 aliphatic rings. The lowest BCUT2D eigenvalue weighted by molar-refractivity contribution is -0.116. The molecule has 0 heterocycles. The maximum absolute atomic E-state index is 11.6. The van der Waals surface area contributed by atoms with E-state index in [-0.39, 0.29) is 15.8 Å². The normalized spacial score (nSPS) is 12.9. The van der Waals surface area contributed by atoms with Crippen molar-refractivity contribution in [2.75, 3.05) is 12.0 Å². The van der Waals surface area contributed by atoms with Crippen LogP contribution >= 0.6 is 0 Å². The van der Waals surface area contributed by atoms with Crippen molar-refractivity contribution in [1.82, 2.24) is 0 Å². The third-order valence-corrected chi connectivity index (χ3v) is 7.49. The highest BCUT2D eigenvalue weighted by molar-refractivity contribution is 7.98. The summed E-state index contributed by atoms with van der Waals surface area (Å²) in [4.78, 5) is 11.4. The molecule has 0 radical (unpaired) electrons. The molecular formula is C19H32O4S2. The van der Waals surface area contributed by atoms with Gasteiger partial charge in [-0.1, -0.05) is 37.5 Å². The smallest absolute Gasteiger partial charge is 0.181 e. The minimum Gasteiger partial charge on any atom is -0.744 e. The molecule has 1 rings (SSSR count). The van der Waals surface area contributed by atoms with Gasteiger partial charge in [-0.05, 0) is 57.1 Å². The molecular weight excluding hydrogens is 356 g/mol. The number of Topliss-reactive ketones (excluding diaryl/α,β-unsaturated/α-hetero) is 1. The topological polar surface area (TPSA) is 74.3 Å². The fourth-order valence-corrected chi connectivity index (χ4v) is 3.34. The standard InChI is InChI=1S/C12H25OS.C7H8O3S/c1-6-7-8-9-11(13)10-14(5)12(2,3)4;1-6-2-4-7(5-3-6)11(8,9)10/h6-10H2,1-5H3;2-5H,1H3,(H,8,9,10)/q+1;/p-1. The van der Waals surface area contributed by atoms with Gasteiger partial charge in [0.15, 0.2) is 11.5 Å². The average Bonchev–Trinajstić information content (AvgIpc) is 2.46. The predicted octanol–water partition coefficient (Wildman–Crippen LogP) is 4.08. The van der Waals surface area contributed by atoms with Gasteiger partial charge in [-0.3, -0.25) is 4.79 Å². The van der Waals surface area contributed by atoms with E-state index >= 15 is 0 Å². The first-order valence-corrected chi connectivity index (χ1v) is 11.8. The van der Waals surface area contributed by atoms with E-state index in [0.29, 0.717) is 10.5 Å². The molecule has 0 fully saturated rings. The molecule has 4 nitrogen and oxygen atoms in total. The molecule has 144 valence electrons. The van der Waals surface area contributed by atoms with Crippen molar-refractivity contribution in [1.29, 1.82) is 0 Å². The predicted molar refractivity (Wildman–Crippen MR) is 106 cm³/mol. The van der Waals surface area contributed by atoms with Gasteiger partial charge in [0.2, 0.25) is 0 Å². The van der Waals surface area contributed by atoms with Crippen molar-refractivity contribution < 1.29 is 17.8 Å². The molecule has 0 saturated heterocycles. The van der Waals surface area contributed by atoms with Crippen LogP contribution in [0.1, 0.15) is 58.9 Å². The summed E-state index contributed by atoms with van der Waals surface area (Å²) in [7, 11) is -4.04. The van der Waals surface area contributed by atoms with Crippen LogP contribution < -0.4 is 0 Å². The highest BCUT2D eigenvalue weighted by atomic mass is 32.2. The molecule has 0 spiro atoms. The first kappa shape index (κ1) is 24.1. The number of aryl methyl sites for hydroxylation is 1. The van der Waals surface area contributed by atoms with Crippen LogP contribution in [0.4, 0.5) is 0 Å². The van der Waals surface area contributed by atoms with E-state index in [1.165, 1.54) is 25.0 Å². The number of benzene rings is 1. The van der Waals surface area contributed by atoms with Gasteiger partial charge in [-0.15, -0.1) is 0 Å². The first-order chi connectivity index (χ1) is 11.4. The maximum Gasteiger partial charge on any atom is 0.181 e. The summed E-state index contributed by atoms with van der Waals surface area (Å²) in [5, 5.41) is 0. The van der Waals surface area contributed by atoms with E-state index < -0.39 is 10.1 Å². The molecule has 1 atom stereocenters. The molecule has 0 aromatic heterocycles. The van der Waals surface area contributed by atoms with Gasteiger partial charge in [-0.25, -0.2) is 8.42 Å². The molecule has 0 aliphatic heterocycles. The van der Waals surface area contributed by atoms with Crippen LogP contribution in [-0.2, 0) is 25.8 Å². The SMILES string of the molecule is CCCCCC(=O)C[S+](C)C(C)(C)C.Cc1ccc(S(=O)(=O)[O-])cc1. The van der Waals surface area contributed by atoms with E-state index in [9.17, 15) is 17.8 Å². The van der Waals surface area contributed by atoms with Crippen LogP contribution in [0.5, 0.6) is 0 Å².